The smallest absolute Gasteiger partial charge is 0.242 e. The summed E-state index contributed by atoms with van der Waals surface area (Å²) < 4.78 is 26.5. The molecule has 0 radical (unpaired) electrons. The van der Waals surface area contributed by atoms with Crippen molar-refractivity contribution in [3.8, 4) is 0 Å². The van der Waals surface area contributed by atoms with E-state index in [1.54, 1.807) is 0 Å². The Kier molecular flexibility index (Phi) is 4.98. The van der Waals surface area contributed by atoms with Gasteiger partial charge in [-0.2, -0.15) is 0 Å². The summed E-state index contributed by atoms with van der Waals surface area (Å²) in [5.41, 5.74) is 0.932. The minimum Gasteiger partial charge on any atom is -0.247 e. The summed E-state index contributed by atoms with van der Waals surface area (Å²) >= 11 is 12.9. The zero-order valence-electron chi connectivity index (χ0n) is 10.4. The molecule has 0 spiro atoms. The molecule has 20 heavy (non-hydrogen) atoms. The van der Waals surface area contributed by atoms with Gasteiger partial charge in [0.2, 0.25) is 10.0 Å². The van der Waals surface area contributed by atoms with Crippen LogP contribution in [0.15, 0.2) is 22.5 Å². The molecular formula is C11H11Cl2N3O2S2. The van der Waals surface area contributed by atoms with Crippen LogP contribution in [0.3, 0.4) is 0 Å². The third-order valence-corrected chi connectivity index (χ3v) is 5.52. The first-order valence-corrected chi connectivity index (χ1v) is 8.72. The molecule has 0 fully saturated rings. The highest BCUT2D eigenvalue weighted by Gasteiger charge is 2.16. The van der Waals surface area contributed by atoms with Gasteiger partial charge in [0.25, 0.3) is 0 Å². The van der Waals surface area contributed by atoms with Gasteiger partial charge in [-0.05, 0) is 13.0 Å². The van der Waals surface area contributed by atoms with Gasteiger partial charge in [0.15, 0.2) is 0 Å². The van der Waals surface area contributed by atoms with Crippen molar-refractivity contribution in [2.75, 3.05) is 6.54 Å². The van der Waals surface area contributed by atoms with Gasteiger partial charge in [0.1, 0.15) is 10.0 Å². The van der Waals surface area contributed by atoms with E-state index in [4.69, 9.17) is 23.2 Å². The average molecular weight is 352 g/mol. The largest absolute Gasteiger partial charge is 0.247 e. The maximum atomic E-state index is 12.0. The second-order valence-corrected chi connectivity index (χ2v) is 7.45. The summed E-state index contributed by atoms with van der Waals surface area (Å²) in [6.45, 7) is 2.15. The average Bonchev–Trinajstić information content (AvgIpc) is 2.78. The summed E-state index contributed by atoms with van der Waals surface area (Å²) in [5.74, 6) is 0. The first-order valence-electron chi connectivity index (χ1n) is 5.60. The van der Waals surface area contributed by atoms with Crippen molar-refractivity contribution in [3.05, 3.63) is 38.5 Å². The number of nitrogens with zero attached hydrogens (tertiary/aromatic N) is 2. The lowest BCUT2D eigenvalue weighted by Crippen LogP contribution is -2.26. The Balaban J connectivity index is 2.02. The van der Waals surface area contributed by atoms with Gasteiger partial charge in [0.05, 0.1) is 10.0 Å². The van der Waals surface area contributed by atoms with E-state index in [0.29, 0.717) is 6.42 Å². The molecule has 0 aliphatic carbocycles. The van der Waals surface area contributed by atoms with Crippen LogP contribution in [0.1, 0.15) is 10.7 Å². The molecule has 5 nitrogen and oxygen atoms in total. The monoisotopic (exact) mass is 351 g/mol. The number of hydrogen-bond donors (Lipinski definition) is 1. The molecule has 2 heterocycles. The third-order valence-electron chi connectivity index (χ3n) is 2.38. The number of aryl methyl sites for hydroxylation is 1. The van der Waals surface area contributed by atoms with E-state index in [0.717, 1.165) is 10.7 Å². The Labute approximate surface area is 131 Å². The van der Waals surface area contributed by atoms with Gasteiger partial charge < -0.3 is 0 Å². The van der Waals surface area contributed by atoms with E-state index in [2.05, 4.69) is 14.7 Å². The van der Waals surface area contributed by atoms with E-state index in [9.17, 15) is 8.42 Å². The number of thiazole rings is 1. The van der Waals surface area contributed by atoms with Gasteiger partial charge in [0, 0.05) is 30.2 Å². The van der Waals surface area contributed by atoms with E-state index in [1.165, 1.54) is 23.6 Å². The standard InChI is InChI=1S/C11H11Cl2N3O2S2/c1-7-6-19-10(16-7)2-3-15-20(17,18)8-4-9(12)11(13)14-5-8/h4-6,15H,2-3H2,1H3. The molecule has 0 saturated heterocycles. The van der Waals surface area contributed by atoms with Crippen LogP contribution in [0.25, 0.3) is 0 Å². The van der Waals surface area contributed by atoms with Gasteiger partial charge >= 0.3 is 0 Å². The summed E-state index contributed by atoms with van der Waals surface area (Å²) in [5, 5.41) is 2.98. The fourth-order valence-corrected chi connectivity index (χ4v) is 3.56. The number of aromatic nitrogens is 2. The zero-order chi connectivity index (χ0) is 14.8. The van der Waals surface area contributed by atoms with Crippen molar-refractivity contribution >= 4 is 44.6 Å². The normalized spacial score (nSPS) is 11.8. The van der Waals surface area contributed by atoms with Crippen LogP contribution in [-0.4, -0.2) is 24.9 Å². The fourth-order valence-electron chi connectivity index (χ4n) is 1.44. The van der Waals surface area contributed by atoms with Crippen LogP contribution in [0.5, 0.6) is 0 Å². The zero-order valence-corrected chi connectivity index (χ0v) is 13.6. The van der Waals surface area contributed by atoms with Crippen molar-refractivity contribution in [3.63, 3.8) is 0 Å². The lowest BCUT2D eigenvalue weighted by Gasteiger charge is -2.06. The second kappa shape index (κ2) is 6.36. The summed E-state index contributed by atoms with van der Waals surface area (Å²) in [7, 11) is -3.64. The van der Waals surface area contributed by atoms with E-state index in [-0.39, 0.29) is 21.6 Å². The first-order chi connectivity index (χ1) is 9.38. The van der Waals surface area contributed by atoms with E-state index < -0.39 is 10.0 Å². The van der Waals surface area contributed by atoms with Crippen molar-refractivity contribution in [1.29, 1.82) is 0 Å². The molecule has 9 heteroatoms. The van der Waals surface area contributed by atoms with Crippen molar-refractivity contribution in [2.24, 2.45) is 0 Å². The number of halogens is 2. The molecule has 0 amide bonds. The Morgan fingerprint density at radius 1 is 1.40 bits per heavy atom. The van der Waals surface area contributed by atoms with Crippen LogP contribution in [0, 0.1) is 6.92 Å². The molecule has 108 valence electrons. The first kappa shape index (κ1) is 15.7. The summed E-state index contributed by atoms with van der Waals surface area (Å²) in [6, 6.07) is 1.27. The number of nitrogens with one attached hydrogen (secondary N) is 1. The van der Waals surface area contributed by atoms with Crippen LogP contribution >= 0.6 is 34.5 Å². The van der Waals surface area contributed by atoms with Crippen LogP contribution < -0.4 is 4.72 Å². The van der Waals surface area contributed by atoms with Crippen molar-refractivity contribution < 1.29 is 8.42 Å². The Hall–Kier alpha value is -0.730. The highest BCUT2D eigenvalue weighted by molar-refractivity contribution is 7.89. The minimum atomic E-state index is -3.64. The molecule has 0 bridgehead atoms. The summed E-state index contributed by atoms with van der Waals surface area (Å²) in [4.78, 5) is 7.97. The highest BCUT2D eigenvalue weighted by atomic mass is 35.5. The molecule has 0 aliphatic rings. The SMILES string of the molecule is Cc1csc(CCNS(=O)(=O)c2cnc(Cl)c(Cl)c2)n1. The molecule has 2 aromatic heterocycles. The Morgan fingerprint density at radius 3 is 2.75 bits per heavy atom. The topological polar surface area (TPSA) is 72.0 Å². The molecule has 2 aromatic rings. The van der Waals surface area contributed by atoms with Crippen LogP contribution in [0.4, 0.5) is 0 Å². The molecule has 2 rings (SSSR count). The molecular weight excluding hydrogens is 341 g/mol. The van der Waals surface area contributed by atoms with Gasteiger partial charge in [-0.1, -0.05) is 23.2 Å². The predicted octanol–water partition coefficient (Wildman–Crippen LogP) is 2.67. The fraction of sp³-hybridized carbons (Fsp3) is 0.273. The molecule has 0 aromatic carbocycles. The minimum absolute atomic E-state index is 0.0118. The lowest BCUT2D eigenvalue weighted by molar-refractivity contribution is 0.581. The van der Waals surface area contributed by atoms with Gasteiger partial charge in [-0.25, -0.2) is 23.1 Å². The molecule has 0 atom stereocenters. The highest BCUT2D eigenvalue weighted by Crippen LogP contribution is 2.22. The maximum absolute atomic E-state index is 12.0. The quantitative estimate of drug-likeness (QED) is 0.840. The van der Waals surface area contributed by atoms with Crippen LogP contribution in [-0.2, 0) is 16.4 Å². The van der Waals surface area contributed by atoms with Crippen molar-refractivity contribution in [1.82, 2.24) is 14.7 Å². The van der Waals surface area contributed by atoms with Gasteiger partial charge in [-0.3, -0.25) is 0 Å². The van der Waals surface area contributed by atoms with Crippen LogP contribution in [0.2, 0.25) is 10.2 Å². The predicted molar refractivity (Wildman–Crippen MR) is 80.0 cm³/mol. The molecule has 0 saturated carbocycles. The van der Waals surface area contributed by atoms with Gasteiger partial charge in [-0.15, -0.1) is 11.3 Å². The number of hydrogen-bond acceptors (Lipinski definition) is 5. The number of sulfonamides is 1. The lowest BCUT2D eigenvalue weighted by atomic mass is 10.4. The Morgan fingerprint density at radius 2 is 2.15 bits per heavy atom. The third kappa shape index (κ3) is 3.89. The van der Waals surface area contributed by atoms with Crippen molar-refractivity contribution in [2.45, 2.75) is 18.2 Å². The number of rotatable bonds is 5. The Bertz CT molecular complexity index is 716. The van der Waals surface area contributed by atoms with E-state index >= 15 is 0 Å². The second-order valence-electron chi connectivity index (χ2n) is 3.97. The van der Waals surface area contributed by atoms with E-state index in [1.807, 2.05) is 12.3 Å². The summed E-state index contributed by atoms with van der Waals surface area (Å²) in [6.07, 6.45) is 1.70. The molecule has 0 aliphatic heterocycles. The maximum Gasteiger partial charge on any atom is 0.242 e. The molecule has 0 unspecified atom stereocenters. The number of pyridine rings is 1. The molecule has 1 N–H and O–H groups in total.